The summed E-state index contributed by atoms with van der Waals surface area (Å²) in [5.41, 5.74) is 2.13. The van der Waals surface area contributed by atoms with E-state index in [4.69, 9.17) is 16.3 Å². The van der Waals surface area contributed by atoms with Gasteiger partial charge >= 0.3 is 0 Å². The van der Waals surface area contributed by atoms with Crippen LogP contribution in [0.2, 0.25) is 0 Å². The molecule has 0 saturated heterocycles. The standard InChI is InChI=1S/C21H26ClNO2/c1-25-17-4-5-18-16(8-17)3-2-6-23(18)19(24)20-9-14-7-15(10-20)12-21(22,11-14)13-20/h4-5,8,14-15H,2-3,6-7,9-13H2,1H3/t14-,15-,20?,21?/m1/s1. The van der Waals surface area contributed by atoms with Crippen LogP contribution in [0.15, 0.2) is 18.2 Å². The minimum Gasteiger partial charge on any atom is -0.497 e. The summed E-state index contributed by atoms with van der Waals surface area (Å²) in [6, 6.07) is 6.15. The summed E-state index contributed by atoms with van der Waals surface area (Å²) >= 11 is 6.96. The van der Waals surface area contributed by atoms with E-state index in [0.29, 0.717) is 17.7 Å². The molecule has 4 fully saturated rings. The predicted molar refractivity (Wildman–Crippen MR) is 99.4 cm³/mol. The number of anilines is 1. The van der Waals surface area contributed by atoms with Crippen molar-refractivity contribution in [2.24, 2.45) is 17.3 Å². The van der Waals surface area contributed by atoms with Gasteiger partial charge in [-0.25, -0.2) is 0 Å². The highest BCUT2D eigenvalue weighted by Crippen LogP contribution is 2.64. The minimum absolute atomic E-state index is 0.113. The zero-order valence-electron chi connectivity index (χ0n) is 14.9. The molecule has 1 heterocycles. The first-order valence-electron chi connectivity index (χ1n) is 9.68. The van der Waals surface area contributed by atoms with Crippen LogP contribution >= 0.6 is 11.6 Å². The van der Waals surface area contributed by atoms with Gasteiger partial charge in [0.2, 0.25) is 5.91 Å². The van der Waals surface area contributed by atoms with Gasteiger partial charge in [0, 0.05) is 17.1 Å². The first kappa shape index (κ1) is 16.0. The number of carbonyl (C=O) groups is 1. The Balaban J connectivity index is 1.50. The van der Waals surface area contributed by atoms with E-state index in [2.05, 4.69) is 17.0 Å². The molecule has 1 aromatic carbocycles. The van der Waals surface area contributed by atoms with Gasteiger partial charge in [0.25, 0.3) is 0 Å². The highest BCUT2D eigenvalue weighted by molar-refractivity contribution is 6.24. The van der Waals surface area contributed by atoms with Crippen LogP contribution in [-0.4, -0.2) is 24.4 Å². The van der Waals surface area contributed by atoms with E-state index in [0.717, 1.165) is 62.9 Å². The molecule has 5 aliphatic rings. The van der Waals surface area contributed by atoms with E-state index < -0.39 is 0 Å². The zero-order chi connectivity index (χ0) is 17.2. The molecule has 0 spiro atoms. The second-order valence-corrected chi connectivity index (χ2v) is 9.75. The molecule has 0 unspecified atom stereocenters. The highest BCUT2D eigenvalue weighted by atomic mass is 35.5. The minimum atomic E-state index is -0.208. The molecular weight excluding hydrogens is 334 g/mol. The monoisotopic (exact) mass is 359 g/mol. The van der Waals surface area contributed by atoms with Crippen molar-refractivity contribution in [3.05, 3.63) is 23.8 Å². The molecule has 1 aliphatic heterocycles. The van der Waals surface area contributed by atoms with Gasteiger partial charge in [0.1, 0.15) is 5.75 Å². The summed E-state index contributed by atoms with van der Waals surface area (Å²) in [5.74, 6) is 2.53. The van der Waals surface area contributed by atoms with Crippen molar-refractivity contribution in [3.8, 4) is 5.75 Å². The van der Waals surface area contributed by atoms with Gasteiger partial charge in [-0.3, -0.25) is 4.79 Å². The van der Waals surface area contributed by atoms with Crippen LogP contribution in [0.5, 0.6) is 5.75 Å². The summed E-state index contributed by atoms with van der Waals surface area (Å²) < 4.78 is 5.37. The van der Waals surface area contributed by atoms with Crippen molar-refractivity contribution in [2.45, 2.75) is 56.2 Å². The fourth-order valence-electron chi connectivity index (χ4n) is 6.60. The number of benzene rings is 1. The summed E-state index contributed by atoms with van der Waals surface area (Å²) in [6.45, 7) is 0.838. The van der Waals surface area contributed by atoms with E-state index >= 15 is 0 Å². The summed E-state index contributed by atoms with van der Waals surface area (Å²) in [7, 11) is 1.70. The summed E-state index contributed by atoms with van der Waals surface area (Å²) in [6.07, 6.45) is 8.57. The molecule has 1 amide bonds. The van der Waals surface area contributed by atoms with Crippen LogP contribution in [-0.2, 0) is 11.2 Å². The smallest absolute Gasteiger partial charge is 0.233 e. The van der Waals surface area contributed by atoms with E-state index in [1.54, 1.807) is 7.11 Å². The zero-order valence-corrected chi connectivity index (χ0v) is 15.6. The molecule has 1 aromatic rings. The van der Waals surface area contributed by atoms with Crippen LogP contribution in [0.1, 0.15) is 50.5 Å². The topological polar surface area (TPSA) is 29.5 Å². The molecule has 0 radical (unpaired) electrons. The first-order valence-corrected chi connectivity index (χ1v) is 10.1. The van der Waals surface area contributed by atoms with E-state index in [1.165, 1.54) is 12.0 Å². The van der Waals surface area contributed by atoms with Gasteiger partial charge in [0.15, 0.2) is 0 Å². The Hall–Kier alpha value is -1.22. The SMILES string of the molecule is COc1ccc2c(c1)CCCN2C(=O)C12C[C@H]3C[C@@H](CC(Cl)(C3)C1)C2. The number of nitrogens with zero attached hydrogens (tertiary/aromatic N) is 1. The second kappa shape index (κ2) is 5.39. The molecule has 25 heavy (non-hydrogen) atoms. The molecule has 0 aromatic heterocycles. The van der Waals surface area contributed by atoms with E-state index in [9.17, 15) is 4.79 Å². The summed E-state index contributed by atoms with van der Waals surface area (Å²) in [5, 5.41) is 0. The molecule has 0 N–H and O–H groups in total. The lowest BCUT2D eigenvalue weighted by Crippen LogP contribution is -2.59. The molecule has 4 heteroatoms. The van der Waals surface area contributed by atoms with E-state index in [1.807, 2.05) is 6.07 Å². The van der Waals surface area contributed by atoms with Gasteiger partial charge in [-0.05, 0) is 87.0 Å². The van der Waals surface area contributed by atoms with Crippen molar-refractivity contribution in [1.82, 2.24) is 0 Å². The lowest BCUT2D eigenvalue weighted by Gasteiger charge is -2.60. The number of hydrogen-bond donors (Lipinski definition) is 0. The third-order valence-electron chi connectivity index (χ3n) is 7.09. The Bertz CT molecular complexity index is 717. The maximum atomic E-state index is 13.7. The van der Waals surface area contributed by atoms with Crippen molar-refractivity contribution in [3.63, 3.8) is 0 Å². The third kappa shape index (κ3) is 2.42. The van der Waals surface area contributed by atoms with Crippen molar-refractivity contribution < 1.29 is 9.53 Å². The van der Waals surface area contributed by atoms with E-state index in [-0.39, 0.29) is 10.3 Å². The Morgan fingerprint density at radius 3 is 2.68 bits per heavy atom. The van der Waals surface area contributed by atoms with Gasteiger partial charge in [-0.1, -0.05) is 0 Å². The average Bonchev–Trinajstić information content (AvgIpc) is 2.58. The number of alkyl halides is 1. The van der Waals surface area contributed by atoms with Crippen LogP contribution in [0, 0.1) is 17.3 Å². The Labute approximate surface area is 154 Å². The predicted octanol–water partition coefficient (Wildman–Crippen LogP) is 4.55. The van der Waals surface area contributed by atoms with Crippen LogP contribution in [0.25, 0.3) is 0 Å². The maximum Gasteiger partial charge on any atom is 0.233 e. The molecule has 4 saturated carbocycles. The van der Waals surface area contributed by atoms with Gasteiger partial charge < -0.3 is 9.64 Å². The molecule has 2 atom stereocenters. The Morgan fingerprint density at radius 2 is 2.00 bits per heavy atom. The molecule has 4 bridgehead atoms. The van der Waals surface area contributed by atoms with Crippen molar-refractivity contribution in [1.29, 1.82) is 0 Å². The first-order chi connectivity index (χ1) is 12.0. The number of amides is 1. The normalized spacial score (nSPS) is 38.6. The second-order valence-electron chi connectivity index (χ2n) is 8.95. The number of hydrogen-bond acceptors (Lipinski definition) is 2. The maximum absolute atomic E-state index is 13.7. The Kier molecular flexibility index (Phi) is 3.45. The third-order valence-corrected chi connectivity index (χ3v) is 7.54. The fourth-order valence-corrected chi connectivity index (χ4v) is 7.29. The van der Waals surface area contributed by atoms with Crippen LogP contribution < -0.4 is 9.64 Å². The number of fused-ring (bicyclic) bond motifs is 1. The molecule has 6 rings (SSSR count). The van der Waals surface area contributed by atoms with Gasteiger partial charge in [-0.15, -0.1) is 11.6 Å². The van der Waals surface area contributed by atoms with Crippen LogP contribution in [0.3, 0.4) is 0 Å². The largest absolute Gasteiger partial charge is 0.497 e. The lowest BCUT2D eigenvalue weighted by atomic mass is 9.49. The molecule has 3 nitrogen and oxygen atoms in total. The number of methoxy groups -OCH3 is 1. The number of carbonyl (C=O) groups excluding carboxylic acids is 1. The fraction of sp³-hybridized carbons (Fsp3) is 0.667. The number of ether oxygens (including phenoxy) is 1. The van der Waals surface area contributed by atoms with Crippen LogP contribution in [0.4, 0.5) is 5.69 Å². The average molecular weight is 360 g/mol. The summed E-state index contributed by atoms with van der Waals surface area (Å²) in [4.78, 5) is 15.7. The number of rotatable bonds is 2. The highest BCUT2D eigenvalue weighted by Gasteiger charge is 2.61. The quantitative estimate of drug-likeness (QED) is 0.725. The number of aryl methyl sites for hydroxylation is 1. The number of halogens is 1. The molecular formula is C21H26ClNO2. The van der Waals surface area contributed by atoms with Gasteiger partial charge in [0.05, 0.1) is 12.5 Å². The molecule has 4 aliphatic carbocycles. The van der Waals surface area contributed by atoms with Crippen molar-refractivity contribution >= 4 is 23.2 Å². The molecule has 134 valence electrons. The Morgan fingerprint density at radius 1 is 1.24 bits per heavy atom. The van der Waals surface area contributed by atoms with Crippen molar-refractivity contribution in [2.75, 3.05) is 18.6 Å². The van der Waals surface area contributed by atoms with Gasteiger partial charge in [-0.2, -0.15) is 0 Å². The lowest BCUT2D eigenvalue weighted by molar-refractivity contribution is -0.141.